The van der Waals surface area contributed by atoms with Crippen molar-refractivity contribution < 1.29 is 19.4 Å². The number of nitrogens with two attached hydrogens (primary N) is 2. The van der Waals surface area contributed by atoms with E-state index in [1.54, 1.807) is 6.07 Å². The highest BCUT2D eigenvalue weighted by Crippen LogP contribution is 2.37. The van der Waals surface area contributed by atoms with Crippen LogP contribution in [-0.4, -0.2) is 28.2 Å². The lowest BCUT2D eigenvalue weighted by molar-refractivity contribution is 0.0693. The largest absolute Gasteiger partial charge is 0.496 e. The number of methoxy groups -OCH3 is 1. The van der Waals surface area contributed by atoms with Crippen molar-refractivity contribution in [1.82, 2.24) is 9.97 Å². The molecule has 0 spiro atoms. The second-order valence-corrected chi connectivity index (χ2v) is 5.13. The summed E-state index contributed by atoms with van der Waals surface area (Å²) in [5.41, 5.74) is 12.0. The third-order valence-electron chi connectivity index (χ3n) is 3.21. The van der Waals surface area contributed by atoms with Crippen molar-refractivity contribution in [3.63, 3.8) is 0 Å². The second kappa shape index (κ2) is 6.39. The molecule has 2 rings (SSSR count). The first-order chi connectivity index (χ1) is 10.8. The fourth-order valence-electron chi connectivity index (χ4n) is 2.05. The molecule has 0 bridgehead atoms. The van der Waals surface area contributed by atoms with Gasteiger partial charge >= 0.3 is 5.97 Å². The van der Waals surface area contributed by atoms with Gasteiger partial charge in [0.15, 0.2) is 11.6 Å². The van der Waals surface area contributed by atoms with Crippen LogP contribution >= 0.6 is 0 Å². The van der Waals surface area contributed by atoms with Crippen molar-refractivity contribution in [2.45, 2.75) is 19.8 Å². The molecule has 0 radical (unpaired) electrons. The zero-order chi connectivity index (χ0) is 17.1. The highest BCUT2D eigenvalue weighted by Gasteiger charge is 2.19. The van der Waals surface area contributed by atoms with Crippen molar-refractivity contribution in [2.24, 2.45) is 0 Å². The maximum Gasteiger partial charge on any atom is 0.339 e. The average molecular weight is 318 g/mol. The van der Waals surface area contributed by atoms with Crippen molar-refractivity contribution in [3.8, 4) is 17.2 Å². The zero-order valence-corrected chi connectivity index (χ0v) is 13.0. The molecule has 0 unspecified atom stereocenters. The SMILES string of the molecule is COc1cc(C(C)C)c(Oc2cnc(N)nc2N)cc1C(=O)O. The van der Waals surface area contributed by atoms with E-state index in [0.29, 0.717) is 5.75 Å². The fraction of sp³-hybridized carbons (Fsp3) is 0.267. The Morgan fingerprint density at radius 2 is 1.91 bits per heavy atom. The quantitative estimate of drug-likeness (QED) is 0.764. The molecule has 8 heteroatoms. The van der Waals surface area contributed by atoms with E-state index in [-0.39, 0.29) is 34.7 Å². The molecule has 122 valence electrons. The highest BCUT2D eigenvalue weighted by atomic mass is 16.5. The van der Waals surface area contributed by atoms with Gasteiger partial charge in [-0.15, -0.1) is 0 Å². The van der Waals surface area contributed by atoms with Crippen LogP contribution in [0.3, 0.4) is 0 Å². The summed E-state index contributed by atoms with van der Waals surface area (Å²) in [7, 11) is 1.41. The molecular formula is C15H18N4O4. The topological polar surface area (TPSA) is 134 Å². The molecule has 0 aliphatic carbocycles. The number of nitrogen functional groups attached to an aromatic ring is 2. The first-order valence-electron chi connectivity index (χ1n) is 6.84. The summed E-state index contributed by atoms with van der Waals surface area (Å²) in [6, 6.07) is 3.03. The van der Waals surface area contributed by atoms with E-state index in [4.69, 9.17) is 20.9 Å². The Bertz CT molecular complexity index is 746. The summed E-state index contributed by atoms with van der Waals surface area (Å²) in [4.78, 5) is 19.0. The highest BCUT2D eigenvalue weighted by molar-refractivity contribution is 5.91. The molecule has 1 aromatic heterocycles. The number of nitrogens with zero attached hydrogens (tertiary/aromatic N) is 2. The maximum atomic E-state index is 11.4. The van der Waals surface area contributed by atoms with Gasteiger partial charge in [0.25, 0.3) is 0 Å². The predicted octanol–water partition coefficient (Wildman–Crippen LogP) is 2.26. The predicted molar refractivity (Wildman–Crippen MR) is 85.0 cm³/mol. The Morgan fingerprint density at radius 1 is 1.22 bits per heavy atom. The Kier molecular flexibility index (Phi) is 4.54. The van der Waals surface area contributed by atoms with E-state index in [9.17, 15) is 9.90 Å². The molecule has 0 saturated carbocycles. The van der Waals surface area contributed by atoms with Crippen LogP contribution < -0.4 is 20.9 Å². The van der Waals surface area contributed by atoms with E-state index in [1.165, 1.54) is 19.4 Å². The zero-order valence-electron chi connectivity index (χ0n) is 13.0. The average Bonchev–Trinajstić information content (AvgIpc) is 2.49. The van der Waals surface area contributed by atoms with Crippen molar-refractivity contribution in [1.29, 1.82) is 0 Å². The van der Waals surface area contributed by atoms with Gasteiger partial charge in [-0.1, -0.05) is 13.8 Å². The first-order valence-corrected chi connectivity index (χ1v) is 6.84. The van der Waals surface area contributed by atoms with Crippen molar-refractivity contribution in [2.75, 3.05) is 18.6 Å². The van der Waals surface area contributed by atoms with Crippen LogP contribution in [0, 0.1) is 0 Å². The molecule has 0 saturated heterocycles. The lowest BCUT2D eigenvalue weighted by Crippen LogP contribution is -2.06. The molecule has 5 N–H and O–H groups in total. The van der Waals surface area contributed by atoms with Crippen LogP contribution in [0.15, 0.2) is 18.3 Å². The number of ether oxygens (including phenoxy) is 2. The Morgan fingerprint density at radius 3 is 2.43 bits per heavy atom. The smallest absolute Gasteiger partial charge is 0.339 e. The van der Waals surface area contributed by atoms with Crippen LogP contribution in [0.4, 0.5) is 11.8 Å². The first kappa shape index (κ1) is 16.3. The van der Waals surface area contributed by atoms with Gasteiger partial charge in [-0.2, -0.15) is 4.98 Å². The van der Waals surface area contributed by atoms with Gasteiger partial charge < -0.3 is 26.0 Å². The Balaban J connectivity index is 2.55. The number of aromatic nitrogens is 2. The number of carboxylic acids is 1. The molecule has 1 aromatic carbocycles. The van der Waals surface area contributed by atoms with Gasteiger partial charge in [0.1, 0.15) is 17.1 Å². The van der Waals surface area contributed by atoms with Gasteiger partial charge in [-0.3, -0.25) is 0 Å². The Labute approximate surface area is 133 Å². The fourth-order valence-corrected chi connectivity index (χ4v) is 2.05. The van der Waals surface area contributed by atoms with Crippen LogP contribution in [0.2, 0.25) is 0 Å². The number of hydrogen-bond acceptors (Lipinski definition) is 7. The van der Waals surface area contributed by atoms with Gasteiger partial charge in [-0.05, 0) is 18.1 Å². The summed E-state index contributed by atoms with van der Waals surface area (Å²) in [5.74, 6) is -0.156. The number of aromatic carboxylic acids is 1. The van der Waals surface area contributed by atoms with Crippen LogP contribution in [0.25, 0.3) is 0 Å². The monoisotopic (exact) mass is 318 g/mol. The molecule has 0 atom stereocenters. The molecule has 0 fully saturated rings. The number of benzene rings is 1. The minimum absolute atomic E-state index is 0.0122. The summed E-state index contributed by atoms with van der Waals surface area (Å²) in [6.45, 7) is 3.90. The van der Waals surface area contributed by atoms with Gasteiger partial charge in [0.05, 0.1) is 13.3 Å². The molecule has 0 amide bonds. The maximum absolute atomic E-state index is 11.4. The number of anilines is 2. The van der Waals surface area contributed by atoms with E-state index in [0.717, 1.165) is 5.56 Å². The van der Waals surface area contributed by atoms with E-state index in [1.807, 2.05) is 13.8 Å². The second-order valence-electron chi connectivity index (χ2n) is 5.13. The number of hydrogen-bond donors (Lipinski definition) is 3. The normalized spacial score (nSPS) is 10.6. The summed E-state index contributed by atoms with van der Waals surface area (Å²) in [5, 5.41) is 9.31. The number of carboxylic acid groups (broad SMARTS) is 1. The van der Waals surface area contributed by atoms with E-state index in [2.05, 4.69) is 9.97 Å². The number of rotatable bonds is 5. The van der Waals surface area contributed by atoms with E-state index < -0.39 is 5.97 Å². The molecule has 8 nitrogen and oxygen atoms in total. The summed E-state index contributed by atoms with van der Waals surface area (Å²) >= 11 is 0. The lowest BCUT2D eigenvalue weighted by atomic mass is 9.99. The van der Waals surface area contributed by atoms with Gasteiger partial charge in [-0.25, -0.2) is 9.78 Å². The third kappa shape index (κ3) is 3.42. The molecule has 23 heavy (non-hydrogen) atoms. The van der Waals surface area contributed by atoms with Gasteiger partial charge in [0, 0.05) is 5.56 Å². The van der Waals surface area contributed by atoms with Crippen LogP contribution in [0.5, 0.6) is 17.2 Å². The standard InChI is InChI=1S/C15H18N4O4/c1-7(2)8-4-10(22-3)9(14(20)21)5-11(8)23-12-6-18-15(17)19-13(12)16/h4-7H,1-3H3,(H,20,21)(H4,16,17,18,19). The van der Waals surface area contributed by atoms with Crippen molar-refractivity contribution in [3.05, 3.63) is 29.5 Å². The number of carbonyl (C=O) groups is 1. The van der Waals surface area contributed by atoms with Crippen LogP contribution in [0.1, 0.15) is 35.7 Å². The third-order valence-corrected chi connectivity index (χ3v) is 3.21. The minimum atomic E-state index is -1.12. The van der Waals surface area contributed by atoms with Gasteiger partial charge in [0.2, 0.25) is 5.95 Å². The summed E-state index contributed by atoms with van der Waals surface area (Å²) in [6.07, 6.45) is 1.34. The molecule has 2 aromatic rings. The summed E-state index contributed by atoms with van der Waals surface area (Å²) < 4.78 is 10.9. The molecule has 1 heterocycles. The van der Waals surface area contributed by atoms with Crippen molar-refractivity contribution >= 4 is 17.7 Å². The Hall–Kier alpha value is -3.03. The van der Waals surface area contributed by atoms with Crippen LogP contribution in [-0.2, 0) is 0 Å². The molecular weight excluding hydrogens is 300 g/mol. The minimum Gasteiger partial charge on any atom is -0.496 e. The molecule has 0 aliphatic rings. The lowest BCUT2D eigenvalue weighted by Gasteiger charge is -2.17. The molecule has 0 aliphatic heterocycles. The van der Waals surface area contributed by atoms with E-state index >= 15 is 0 Å².